The molecule has 0 bridgehead atoms. The summed E-state index contributed by atoms with van der Waals surface area (Å²) in [4.78, 5) is 11.9. The third kappa shape index (κ3) is 2.99. The van der Waals surface area contributed by atoms with Gasteiger partial charge in [-0.15, -0.1) is 0 Å². The van der Waals surface area contributed by atoms with E-state index in [1.807, 2.05) is 44.2 Å². The van der Waals surface area contributed by atoms with Crippen molar-refractivity contribution in [3.8, 4) is 5.75 Å². The zero-order valence-corrected chi connectivity index (χ0v) is 14.0. The van der Waals surface area contributed by atoms with E-state index in [9.17, 15) is 4.79 Å². The summed E-state index contributed by atoms with van der Waals surface area (Å²) in [6, 6.07) is 10.0. The minimum Gasteiger partial charge on any atom is -0.492 e. The van der Waals surface area contributed by atoms with Gasteiger partial charge in [-0.2, -0.15) is 0 Å². The number of aliphatic carboxylic acids is 1. The molecular formula is C19H18O3S. The maximum atomic E-state index is 11.1. The first-order valence-electron chi connectivity index (χ1n) is 7.58. The molecule has 0 radical (unpaired) electrons. The van der Waals surface area contributed by atoms with Gasteiger partial charge in [0.15, 0.2) is 0 Å². The Bertz CT molecular complexity index is 791. The summed E-state index contributed by atoms with van der Waals surface area (Å²) in [6.07, 6.45) is 0.800. The Morgan fingerprint density at radius 3 is 2.61 bits per heavy atom. The van der Waals surface area contributed by atoms with Crippen LogP contribution in [0.5, 0.6) is 5.75 Å². The van der Waals surface area contributed by atoms with Gasteiger partial charge in [-0.1, -0.05) is 48.1 Å². The third-order valence-corrected chi connectivity index (χ3v) is 4.66. The number of rotatable bonds is 4. The lowest BCUT2D eigenvalue weighted by Gasteiger charge is -2.16. The van der Waals surface area contributed by atoms with Crippen LogP contribution in [0.15, 0.2) is 30.3 Å². The van der Waals surface area contributed by atoms with Gasteiger partial charge in [0, 0.05) is 12.0 Å². The molecule has 3 rings (SSSR count). The number of fused-ring (bicyclic) bond motifs is 1. The maximum Gasteiger partial charge on any atom is 0.307 e. The maximum absolute atomic E-state index is 11.1. The van der Waals surface area contributed by atoms with Crippen molar-refractivity contribution in [2.45, 2.75) is 26.7 Å². The number of carbonyl (C=O) groups is 1. The van der Waals surface area contributed by atoms with Crippen LogP contribution in [-0.4, -0.2) is 22.5 Å². The number of ether oxygens (including phenoxy) is 1. The Balaban J connectivity index is 2.13. The summed E-state index contributed by atoms with van der Waals surface area (Å²) < 4.78 is 5.80. The van der Waals surface area contributed by atoms with E-state index < -0.39 is 5.97 Å². The van der Waals surface area contributed by atoms with E-state index in [2.05, 4.69) is 0 Å². The van der Waals surface area contributed by atoms with Gasteiger partial charge in [-0.3, -0.25) is 4.79 Å². The summed E-state index contributed by atoms with van der Waals surface area (Å²) in [5.41, 5.74) is 5.77. The molecule has 1 aliphatic rings. The van der Waals surface area contributed by atoms with Gasteiger partial charge >= 0.3 is 5.97 Å². The quantitative estimate of drug-likeness (QED) is 0.688. The van der Waals surface area contributed by atoms with Crippen LogP contribution < -0.4 is 4.74 Å². The largest absolute Gasteiger partial charge is 0.492 e. The summed E-state index contributed by atoms with van der Waals surface area (Å²) >= 11 is 5.70. The molecule has 1 aliphatic heterocycles. The first kappa shape index (κ1) is 15.7. The number of benzene rings is 2. The lowest BCUT2D eigenvalue weighted by Crippen LogP contribution is -2.10. The molecule has 23 heavy (non-hydrogen) atoms. The Hall–Kier alpha value is -2.20. The van der Waals surface area contributed by atoms with E-state index in [-0.39, 0.29) is 6.42 Å². The summed E-state index contributed by atoms with van der Waals surface area (Å²) in [6.45, 7) is 4.58. The van der Waals surface area contributed by atoms with E-state index in [0.29, 0.717) is 11.5 Å². The van der Waals surface area contributed by atoms with Gasteiger partial charge < -0.3 is 9.84 Å². The fraction of sp³-hybridized carbons (Fsp3) is 0.263. The zero-order chi connectivity index (χ0) is 16.6. The second-order valence-electron chi connectivity index (χ2n) is 5.89. The molecule has 0 amide bonds. The van der Waals surface area contributed by atoms with Crippen LogP contribution in [0.3, 0.4) is 0 Å². The molecule has 2 aromatic rings. The van der Waals surface area contributed by atoms with Crippen molar-refractivity contribution >= 4 is 23.1 Å². The van der Waals surface area contributed by atoms with Crippen molar-refractivity contribution in [3.05, 3.63) is 63.7 Å². The Labute approximate surface area is 140 Å². The second kappa shape index (κ2) is 6.13. The average molecular weight is 326 g/mol. The van der Waals surface area contributed by atoms with Crippen LogP contribution in [0.1, 0.15) is 33.4 Å². The van der Waals surface area contributed by atoms with Crippen molar-refractivity contribution in [1.29, 1.82) is 0 Å². The topological polar surface area (TPSA) is 46.5 Å². The van der Waals surface area contributed by atoms with Crippen LogP contribution in [0.25, 0.3) is 0 Å². The van der Waals surface area contributed by atoms with Crippen molar-refractivity contribution < 1.29 is 14.6 Å². The lowest BCUT2D eigenvalue weighted by atomic mass is 9.91. The SMILES string of the molecule is Cc1ccc(C(=S)c2c(C)c(CC(=O)O)cc3c2OCC3)cc1. The number of carboxylic acid groups (broad SMARTS) is 1. The predicted octanol–water partition coefficient (Wildman–Crippen LogP) is 3.63. The highest BCUT2D eigenvalue weighted by atomic mass is 32.1. The Morgan fingerprint density at radius 2 is 1.96 bits per heavy atom. The minimum absolute atomic E-state index is 0.00260. The molecule has 0 fully saturated rings. The second-order valence-corrected chi connectivity index (χ2v) is 6.30. The molecule has 0 saturated heterocycles. The zero-order valence-electron chi connectivity index (χ0n) is 13.2. The lowest BCUT2D eigenvalue weighted by molar-refractivity contribution is -0.136. The van der Waals surface area contributed by atoms with Crippen LogP contribution in [0.4, 0.5) is 0 Å². The van der Waals surface area contributed by atoms with Gasteiger partial charge in [-0.05, 0) is 36.1 Å². The van der Waals surface area contributed by atoms with Crippen LogP contribution >= 0.6 is 12.2 Å². The predicted molar refractivity (Wildman–Crippen MR) is 93.7 cm³/mol. The number of aryl methyl sites for hydroxylation is 1. The molecule has 0 atom stereocenters. The highest BCUT2D eigenvalue weighted by molar-refractivity contribution is 7.81. The average Bonchev–Trinajstić information content (AvgIpc) is 2.95. The fourth-order valence-corrected chi connectivity index (χ4v) is 3.34. The summed E-state index contributed by atoms with van der Waals surface area (Å²) in [5.74, 6) is -0.0126. The molecule has 118 valence electrons. The van der Waals surface area contributed by atoms with Gasteiger partial charge in [0.25, 0.3) is 0 Å². The van der Waals surface area contributed by atoms with E-state index in [1.165, 1.54) is 5.56 Å². The molecule has 2 aromatic carbocycles. The van der Waals surface area contributed by atoms with E-state index >= 15 is 0 Å². The molecule has 0 unspecified atom stereocenters. The molecule has 3 nitrogen and oxygen atoms in total. The smallest absolute Gasteiger partial charge is 0.307 e. The first-order chi connectivity index (χ1) is 11.0. The van der Waals surface area contributed by atoms with Crippen LogP contribution in [0, 0.1) is 13.8 Å². The Kier molecular flexibility index (Phi) is 4.18. The minimum atomic E-state index is -0.834. The molecule has 0 saturated carbocycles. The van der Waals surface area contributed by atoms with Crippen molar-refractivity contribution in [1.82, 2.24) is 0 Å². The normalized spacial score (nSPS) is 12.6. The third-order valence-electron chi connectivity index (χ3n) is 4.22. The first-order valence-corrected chi connectivity index (χ1v) is 7.99. The van der Waals surface area contributed by atoms with Crippen molar-refractivity contribution in [2.24, 2.45) is 0 Å². The molecule has 0 spiro atoms. The van der Waals surface area contributed by atoms with Crippen LogP contribution in [0.2, 0.25) is 0 Å². The van der Waals surface area contributed by atoms with Gasteiger partial charge in [0.05, 0.1) is 17.9 Å². The van der Waals surface area contributed by atoms with Gasteiger partial charge in [-0.25, -0.2) is 0 Å². The van der Waals surface area contributed by atoms with E-state index in [4.69, 9.17) is 22.1 Å². The Morgan fingerprint density at radius 1 is 1.26 bits per heavy atom. The molecule has 1 heterocycles. The molecule has 4 heteroatoms. The highest BCUT2D eigenvalue weighted by Gasteiger charge is 2.24. The van der Waals surface area contributed by atoms with Crippen LogP contribution in [-0.2, 0) is 17.6 Å². The van der Waals surface area contributed by atoms with Gasteiger partial charge in [0.2, 0.25) is 0 Å². The molecule has 1 N–H and O–H groups in total. The number of hydrogen-bond acceptors (Lipinski definition) is 3. The standard InChI is InChI=1S/C19H18O3S/c1-11-3-5-13(6-4-11)19(23)17-12(2)15(10-16(20)21)9-14-7-8-22-18(14)17/h3-6,9H,7-8,10H2,1-2H3,(H,20,21). The highest BCUT2D eigenvalue weighted by Crippen LogP contribution is 2.36. The van der Waals surface area contributed by atoms with Gasteiger partial charge in [0.1, 0.15) is 5.75 Å². The molecular weight excluding hydrogens is 308 g/mol. The van der Waals surface area contributed by atoms with Crippen molar-refractivity contribution in [3.63, 3.8) is 0 Å². The number of carboxylic acids is 1. The summed E-state index contributed by atoms with van der Waals surface area (Å²) in [7, 11) is 0. The van der Waals surface area contributed by atoms with E-state index in [1.54, 1.807) is 0 Å². The number of hydrogen-bond donors (Lipinski definition) is 1. The fourth-order valence-electron chi connectivity index (χ4n) is 2.96. The monoisotopic (exact) mass is 326 g/mol. The molecule has 0 aromatic heterocycles. The van der Waals surface area contributed by atoms with Crippen molar-refractivity contribution in [2.75, 3.05) is 6.61 Å². The summed E-state index contributed by atoms with van der Waals surface area (Å²) in [5, 5.41) is 9.15. The number of thiocarbonyl (C=S) groups is 1. The van der Waals surface area contributed by atoms with E-state index in [0.717, 1.165) is 40.0 Å². The molecule has 0 aliphatic carbocycles.